The molecular formula is C19H21N3O5S. The summed E-state index contributed by atoms with van der Waals surface area (Å²) in [7, 11) is -3.91. The zero-order chi connectivity index (χ0) is 20.5. The topological polar surface area (TPSA) is 110 Å². The number of hydrogen-bond donors (Lipinski definition) is 1. The van der Waals surface area contributed by atoms with Crippen LogP contribution in [0.5, 0.6) is 0 Å². The first-order chi connectivity index (χ1) is 13.2. The van der Waals surface area contributed by atoms with Gasteiger partial charge in [0.1, 0.15) is 0 Å². The highest BCUT2D eigenvalue weighted by Crippen LogP contribution is 2.32. The van der Waals surface area contributed by atoms with E-state index < -0.39 is 14.9 Å². The average molecular weight is 403 g/mol. The smallest absolute Gasteiger partial charge is 0.269 e. The van der Waals surface area contributed by atoms with Gasteiger partial charge in [0.25, 0.3) is 15.7 Å². The highest BCUT2D eigenvalue weighted by atomic mass is 32.2. The zero-order valence-electron chi connectivity index (χ0n) is 15.6. The van der Waals surface area contributed by atoms with E-state index in [1.165, 1.54) is 12.1 Å². The minimum absolute atomic E-state index is 0.00340. The highest BCUT2D eigenvalue weighted by Gasteiger charge is 2.25. The van der Waals surface area contributed by atoms with E-state index in [0.29, 0.717) is 17.9 Å². The van der Waals surface area contributed by atoms with Gasteiger partial charge in [-0.3, -0.25) is 19.6 Å². The van der Waals surface area contributed by atoms with Gasteiger partial charge in [0, 0.05) is 30.3 Å². The molecule has 1 N–H and O–H groups in total. The molecule has 0 radical (unpaired) electrons. The Kier molecular flexibility index (Phi) is 5.37. The lowest BCUT2D eigenvalue weighted by Crippen LogP contribution is -2.38. The number of aryl methyl sites for hydroxylation is 1. The average Bonchev–Trinajstić information content (AvgIpc) is 2.66. The number of nitrogens with one attached hydrogen (secondary N) is 1. The third kappa shape index (κ3) is 3.99. The minimum atomic E-state index is -3.91. The first-order valence-corrected chi connectivity index (χ1v) is 10.4. The summed E-state index contributed by atoms with van der Waals surface area (Å²) in [5.41, 5.74) is 1.86. The number of amides is 1. The van der Waals surface area contributed by atoms with Gasteiger partial charge >= 0.3 is 0 Å². The second-order valence-corrected chi connectivity index (χ2v) is 8.63. The van der Waals surface area contributed by atoms with Crippen molar-refractivity contribution in [3.05, 3.63) is 58.1 Å². The summed E-state index contributed by atoms with van der Waals surface area (Å²) in [5.74, 6) is -0.164. The maximum atomic E-state index is 12.6. The molecule has 0 fully saturated rings. The SMILES string of the molecule is CC(C)C(=O)N1CCCc2ccc(NS(=O)(=O)c3ccc([N+](=O)[O-])cc3)cc21. The van der Waals surface area contributed by atoms with Gasteiger partial charge in [-0.05, 0) is 42.7 Å². The van der Waals surface area contributed by atoms with Crippen LogP contribution in [0.2, 0.25) is 0 Å². The van der Waals surface area contributed by atoms with Gasteiger partial charge in [0.05, 0.1) is 15.5 Å². The lowest BCUT2D eigenvalue weighted by atomic mass is 9.99. The molecule has 3 rings (SSSR count). The molecule has 0 atom stereocenters. The number of carbonyl (C=O) groups is 1. The fourth-order valence-electron chi connectivity index (χ4n) is 3.14. The van der Waals surface area contributed by atoms with E-state index in [1.807, 2.05) is 19.9 Å². The molecule has 1 aliphatic heterocycles. The van der Waals surface area contributed by atoms with Gasteiger partial charge in [-0.1, -0.05) is 19.9 Å². The van der Waals surface area contributed by atoms with Crippen molar-refractivity contribution in [2.45, 2.75) is 31.6 Å². The highest BCUT2D eigenvalue weighted by molar-refractivity contribution is 7.92. The van der Waals surface area contributed by atoms with E-state index in [-0.39, 0.29) is 22.4 Å². The van der Waals surface area contributed by atoms with E-state index in [0.717, 1.165) is 30.5 Å². The number of anilines is 2. The molecule has 1 heterocycles. The number of fused-ring (bicyclic) bond motifs is 1. The number of non-ortho nitro benzene ring substituents is 1. The number of rotatable bonds is 5. The Morgan fingerprint density at radius 2 is 1.86 bits per heavy atom. The van der Waals surface area contributed by atoms with Crippen molar-refractivity contribution in [2.24, 2.45) is 5.92 Å². The van der Waals surface area contributed by atoms with Crippen LogP contribution in [-0.4, -0.2) is 25.8 Å². The maximum absolute atomic E-state index is 12.6. The largest absolute Gasteiger partial charge is 0.312 e. The first-order valence-electron chi connectivity index (χ1n) is 8.90. The van der Waals surface area contributed by atoms with Crippen LogP contribution in [0.4, 0.5) is 17.1 Å². The molecule has 0 spiro atoms. The molecule has 0 aliphatic carbocycles. The van der Waals surface area contributed by atoms with Crippen LogP contribution in [-0.2, 0) is 21.2 Å². The normalized spacial score (nSPS) is 13.9. The van der Waals surface area contributed by atoms with Gasteiger partial charge in [-0.2, -0.15) is 0 Å². The van der Waals surface area contributed by atoms with Gasteiger partial charge in [0.15, 0.2) is 0 Å². The van der Waals surface area contributed by atoms with Crippen molar-refractivity contribution < 1.29 is 18.1 Å². The van der Waals surface area contributed by atoms with Crippen LogP contribution < -0.4 is 9.62 Å². The summed E-state index contributed by atoms with van der Waals surface area (Å²) in [6.45, 7) is 4.26. The van der Waals surface area contributed by atoms with Crippen molar-refractivity contribution in [1.82, 2.24) is 0 Å². The summed E-state index contributed by atoms with van der Waals surface area (Å²) in [6.07, 6.45) is 1.69. The van der Waals surface area contributed by atoms with E-state index >= 15 is 0 Å². The van der Waals surface area contributed by atoms with Crippen molar-refractivity contribution in [1.29, 1.82) is 0 Å². The van der Waals surface area contributed by atoms with Crippen LogP contribution in [0.25, 0.3) is 0 Å². The number of carbonyl (C=O) groups excluding carboxylic acids is 1. The maximum Gasteiger partial charge on any atom is 0.269 e. The van der Waals surface area contributed by atoms with Crippen LogP contribution in [0.1, 0.15) is 25.8 Å². The molecule has 0 aromatic heterocycles. The van der Waals surface area contributed by atoms with Crippen molar-refractivity contribution in [2.75, 3.05) is 16.2 Å². The number of nitro benzene ring substituents is 1. The summed E-state index contributed by atoms with van der Waals surface area (Å²) in [5, 5.41) is 10.7. The molecule has 148 valence electrons. The Morgan fingerprint density at radius 3 is 2.46 bits per heavy atom. The number of sulfonamides is 1. The molecule has 2 aromatic carbocycles. The molecule has 8 nitrogen and oxygen atoms in total. The summed E-state index contributed by atoms with van der Waals surface area (Å²) in [4.78, 5) is 24.3. The van der Waals surface area contributed by atoms with Crippen molar-refractivity contribution in [3.63, 3.8) is 0 Å². The molecular weight excluding hydrogens is 382 g/mol. The number of nitrogens with zero attached hydrogens (tertiary/aromatic N) is 2. The van der Waals surface area contributed by atoms with Crippen LogP contribution >= 0.6 is 0 Å². The second kappa shape index (κ2) is 7.59. The number of hydrogen-bond acceptors (Lipinski definition) is 5. The standard InChI is InChI=1S/C19H21N3O5S/c1-13(2)19(23)21-11-3-4-14-5-6-15(12-18(14)21)20-28(26,27)17-9-7-16(8-10-17)22(24)25/h5-10,12-13,20H,3-4,11H2,1-2H3. The molecule has 0 bridgehead atoms. The van der Waals surface area contributed by atoms with E-state index in [4.69, 9.17) is 0 Å². The minimum Gasteiger partial charge on any atom is -0.312 e. The Morgan fingerprint density at radius 1 is 1.18 bits per heavy atom. The van der Waals surface area contributed by atoms with Gasteiger partial charge in [0.2, 0.25) is 5.91 Å². The van der Waals surface area contributed by atoms with Crippen LogP contribution in [0.15, 0.2) is 47.4 Å². The Labute approximate surface area is 163 Å². The fourth-order valence-corrected chi connectivity index (χ4v) is 4.19. The second-order valence-electron chi connectivity index (χ2n) is 6.95. The predicted molar refractivity (Wildman–Crippen MR) is 106 cm³/mol. The molecule has 1 amide bonds. The third-order valence-electron chi connectivity index (χ3n) is 4.57. The number of benzene rings is 2. The Hall–Kier alpha value is -2.94. The van der Waals surface area contributed by atoms with E-state index in [2.05, 4.69) is 4.72 Å². The molecule has 1 aliphatic rings. The lowest BCUT2D eigenvalue weighted by Gasteiger charge is -2.31. The number of nitro groups is 1. The van der Waals surface area contributed by atoms with Gasteiger partial charge < -0.3 is 4.90 Å². The van der Waals surface area contributed by atoms with Gasteiger partial charge in [-0.15, -0.1) is 0 Å². The summed E-state index contributed by atoms with van der Waals surface area (Å²) < 4.78 is 27.7. The molecule has 9 heteroatoms. The lowest BCUT2D eigenvalue weighted by molar-refractivity contribution is -0.384. The summed E-state index contributed by atoms with van der Waals surface area (Å²) >= 11 is 0. The van der Waals surface area contributed by atoms with Crippen molar-refractivity contribution >= 4 is 33.0 Å². The predicted octanol–water partition coefficient (Wildman–Crippen LogP) is 3.33. The fraction of sp³-hybridized carbons (Fsp3) is 0.316. The zero-order valence-corrected chi connectivity index (χ0v) is 16.4. The Balaban J connectivity index is 1.89. The van der Waals surface area contributed by atoms with Crippen LogP contribution in [0.3, 0.4) is 0 Å². The van der Waals surface area contributed by atoms with Crippen molar-refractivity contribution in [3.8, 4) is 0 Å². The quantitative estimate of drug-likeness (QED) is 0.608. The third-order valence-corrected chi connectivity index (χ3v) is 5.97. The molecule has 0 saturated carbocycles. The Bertz CT molecular complexity index is 1020. The molecule has 28 heavy (non-hydrogen) atoms. The first kappa shape index (κ1) is 19.8. The molecule has 0 saturated heterocycles. The van der Waals surface area contributed by atoms with E-state index in [9.17, 15) is 23.3 Å². The molecule has 2 aromatic rings. The monoisotopic (exact) mass is 403 g/mol. The van der Waals surface area contributed by atoms with E-state index in [1.54, 1.807) is 17.0 Å². The van der Waals surface area contributed by atoms with Gasteiger partial charge in [-0.25, -0.2) is 8.42 Å². The summed E-state index contributed by atoms with van der Waals surface area (Å²) in [6, 6.07) is 9.81. The molecule has 0 unspecified atom stereocenters. The van der Waals surface area contributed by atoms with Crippen LogP contribution in [0, 0.1) is 16.0 Å².